The minimum atomic E-state index is -0.995. The summed E-state index contributed by atoms with van der Waals surface area (Å²) in [6.07, 6.45) is 44.4. The third-order valence-corrected chi connectivity index (χ3v) is 12.6. The van der Waals surface area contributed by atoms with Crippen molar-refractivity contribution in [3.05, 3.63) is 0 Å². The molecule has 0 saturated heterocycles. The average molecular weight is 899 g/mol. The van der Waals surface area contributed by atoms with Gasteiger partial charge in [0.15, 0.2) is 0 Å². The minimum Gasteiger partial charge on any atom is -0.394 e. The van der Waals surface area contributed by atoms with Crippen LogP contribution in [-0.4, -0.2) is 105 Å². The fourth-order valence-electron chi connectivity index (χ4n) is 8.36. The lowest BCUT2D eigenvalue weighted by atomic mass is 10.0. The molecule has 0 aromatic rings. The number of aliphatic hydroxyl groups excluding tert-OH is 5. The van der Waals surface area contributed by atoms with Gasteiger partial charge in [0, 0.05) is 32.6 Å². The van der Waals surface area contributed by atoms with Gasteiger partial charge in [0.05, 0.1) is 25.4 Å². The molecule has 63 heavy (non-hydrogen) atoms. The number of unbranched alkanes of at least 4 members (excludes halogenated alkanes) is 33. The summed E-state index contributed by atoms with van der Waals surface area (Å²) in [5.41, 5.74) is 0. The van der Waals surface area contributed by atoms with E-state index in [1.807, 2.05) is 0 Å². The van der Waals surface area contributed by atoms with Crippen LogP contribution in [0.3, 0.4) is 0 Å². The number of nitrogens with zero attached hydrogens (tertiary/aromatic N) is 2. The molecule has 0 aromatic heterocycles. The quantitative estimate of drug-likeness (QED) is 0.0383. The zero-order valence-electron chi connectivity index (χ0n) is 42.5. The summed E-state index contributed by atoms with van der Waals surface area (Å²) in [6.45, 7) is 9.87. The second-order valence-electron chi connectivity index (χ2n) is 19.0. The van der Waals surface area contributed by atoms with Crippen LogP contribution in [0.25, 0.3) is 0 Å². The van der Waals surface area contributed by atoms with E-state index in [4.69, 9.17) is 5.11 Å². The molecule has 0 saturated carbocycles. The number of amides is 2. The Morgan fingerprint density at radius 3 is 0.968 bits per heavy atom. The molecule has 3 atom stereocenters. The molecular formula is C54H110N2O7. The van der Waals surface area contributed by atoms with Crippen LogP contribution in [0.15, 0.2) is 0 Å². The summed E-state index contributed by atoms with van der Waals surface area (Å²) in [7, 11) is 0. The van der Waals surface area contributed by atoms with Crippen molar-refractivity contribution in [1.29, 1.82) is 0 Å². The van der Waals surface area contributed by atoms with Gasteiger partial charge in [-0.3, -0.25) is 9.59 Å². The number of hydrogen-bond donors (Lipinski definition) is 5. The Hall–Kier alpha value is -1.26. The Kier molecular flexibility index (Phi) is 52.4. The van der Waals surface area contributed by atoms with Gasteiger partial charge in [0.1, 0.15) is 6.10 Å². The topological polar surface area (TPSA) is 142 Å². The highest BCUT2D eigenvalue weighted by atomic mass is 16.3. The summed E-state index contributed by atoms with van der Waals surface area (Å²) in [4.78, 5) is 28.6. The van der Waals surface area contributed by atoms with Crippen LogP contribution >= 0.6 is 0 Å². The molecule has 3 unspecified atom stereocenters. The Bertz CT molecular complexity index is 925. The summed E-state index contributed by atoms with van der Waals surface area (Å²) in [5, 5.41) is 48.1. The van der Waals surface area contributed by atoms with E-state index >= 15 is 0 Å². The van der Waals surface area contributed by atoms with Crippen LogP contribution < -0.4 is 0 Å². The van der Waals surface area contributed by atoms with Gasteiger partial charge in [-0.25, -0.2) is 0 Å². The van der Waals surface area contributed by atoms with Gasteiger partial charge in [0.2, 0.25) is 5.91 Å². The number of carbonyl (C=O) groups is 2. The molecule has 9 nitrogen and oxygen atoms in total. The third-order valence-electron chi connectivity index (χ3n) is 12.6. The molecular weight excluding hydrogens is 789 g/mol. The lowest BCUT2D eigenvalue weighted by Crippen LogP contribution is -2.44. The van der Waals surface area contributed by atoms with E-state index < -0.39 is 18.3 Å². The van der Waals surface area contributed by atoms with E-state index in [1.54, 1.807) is 4.90 Å². The fourth-order valence-corrected chi connectivity index (χ4v) is 8.36. The number of carbonyl (C=O) groups excluding carboxylic acids is 2. The molecule has 0 aliphatic rings. The van der Waals surface area contributed by atoms with E-state index in [9.17, 15) is 30.0 Å². The molecule has 378 valence electrons. The predicted molar refractivity (Wildman–Crippen MR) is 268 cm³/mol. The molecule has 0 aliphatic carbocycles. The highest BCUT2D eigenvalue weighted by Crippen LogP contribution is 2.16. The Morgan fingerprint density at radius 2 is 0.635 bits per heavy atom. The van der Waals surface area contributed by atoms with Gasteiger partial charge in [-0.05, 0) is 25.7 Å². The predicted octanol–water partition coefficient (Wildman–Crippen LogP) is 13.0. The van der Waals surface area contributed by atoms with Crippen molar-refractivity contribution in [3.63, 3.8) is 0 Å². The van der Waals surface area contributed by atoms with Gasteiger partial charge in [-0.2, -0.15) is 0 Å². The second-order valence-corrected chi connectivity index (χ2v) is 19.0. The van der Waals surface area contributed by atoms with Gasteiger partial charge in [0.25, 0.3) is 5.91 Å². The molecule has 0 spiro atoms. The summed E-state index contributed by atoms with van der Waals surface area (Å²) < 4.78 is 0. The van der Waals surface area contributed by atoms with Crippen molar-refractivity contribution in [2.45, 2.75) is 296 Å². The molecule has 2 amide bonds. The molecule has 0 aromatic carbocycles. The van der Waals surface area contributed by atoms with E-state index in [1.165, 1.54) is 172 Å². The lowest BCUT2D eigenvalue weighted by molar-refractivity contribution is -0.142. The van der Waals surface area contributed by atoms with Crippen LogP contribution in [0, 0.1) is 0 Å². The maximum atomic E-state index is 12.7. The van der Waals surface area contributed by atoms with Gasteiger partial charge < -0.3 is 35.3 Å². The average Bonchev–Trinajstić information content (AvgIpc) is 3.29. The van der Waals surface area contributed by atoms with Crippen LogP contribution in [0.2, 0.25) is 0 Å². The molecule has 0 fully saturated rings. The molecule has 0 heterocycles. The van der Waals surface area contributed by atoms with Crippen molar-refractivity contribution in [1.82, 2.24) is 9.80 Å². The van der Waals surface area contributed by atoms with E-state index in [-0.39, 0.29) is 38.1 Å². The molecule has 0 radical (unpaired) electrons. The standard InChI is InChI=1S/C31H63NO3.C23H47NO4/c1-3-5-7-9-11-13-15-16-17-18-20-22-24-26-31(35)32(28-30(34)29-33)27-25-23-21-19-14-12-10-8-6-4-2;1-3-5-7-9-10-11-12-13-14-16-18-24(19-21(26)20-25)23(28)22(27)17-15-8-6-4-2/h30,33-34H,3-29H2,1-2H3;21-22,25-27H,3-20H2,1-2H3. The molecule has 0 rings (SSSR count). The van der Waals surface area contributed by atoms with Gasteiger partial charge in [-0.15, -0.1) is 0 Å². The van der Waals surface area contributed by atoms with Gasteiger partial charge >= 0.3 is 0 Å². The SMILES string of the molecule is CCCCCCCCCCCCCCCC(=O)N(CCCCCCCCCCCC)CC(O)CO.CCCCCCCCCCCCN(CC(O)CO)C(=O)C(O)CCCCCC. The number of rotatable bonds is 48. The third kappa shape index (κ3) is 45.7. The summed E-state index contributed by atoms with van der Waals surface area (Å²) >= 11 is 0. The van der Waals surface area contributed by atoms with Crippen LogP contribution in [0.4, 0.5) is 0 Å². The molecule has 0 aliphatic heterocycles. The van der Waals surface area contributed by atoms with Crippen molar-refractivity contribution in [2.75, 3.05) is 39.4 Å². The molecule has 0 bridgehead atoms. The van der Waals surface area contributed by atoms with Crippen LogP contribution in [0.5, 0.6) is 0 Å². The zero-order chi connectivity index (χ0) is 46.9. The first-order chi connectivity index (χ1) is 30.7. The highest BCUT2D eigenvalue weighted by Gasteiger charge is 2.23. The zero-order valence-corrected chi connectivity index (χ0v) is 42.5. The maximum absolute atomic E-state index is 12.7. The number of hydrogen-bond acceptors (Lipinski definition) is 7. The van der Waals surface area contributed by atoms with Crippen molar-refractivity contribution < 1.29 is 35.1 Å². The Morgan fingerprint density at radius 1 is 0.365 bits per heavy atom. The van der Waals surface area contributed by atoms with Crippen molar-refractivity contribution in [2.24, 2.45) is 0 Å². The van der Waals surface area contributed by atoms with Crippen molar-refractivity contribution >= 4 is 11.8 Å². The van der Waals surface area contributed by atoms with Crippen LogP contribution in [-0.2, 0) is 9.59 Å². The normalized spacial score (nSPS) is 12.8. The van der Waals surface area contributed by atoms with E-state index in [0.29, 0.717) is 25.9 Å². The van der Waals surface area contributed by atoms with Gasteiger partial charge in [-0.1, -0.05) is 246 Å². The second kappa shape index (κ2) is 51.7. The lowest BCUT2D eigenvalue weighted by Gasteiger charge is -2.27. The van der Waals surface area contributed by atoms with Crippen LogP contribution in [0.1, 0.15) is 278 Å². The van der Waals surface area contributed by atoms with E-state index in [2.05, 4.69) is 27.7 Å². The van der Waals surface area contributed by atoms with E-state index in [0.717, 1.165) is 70.6 Å². The monoisotopic (exact) mass is 899 g/mol. The Balaban J connectivity index is 0. The summed E-state index contributed by atoms with van der Waals surface area (Å²) in [6, 6.07) is 0. The largest absolute Gasteiger partial charge is 0.394 e. The molecule has 5 N–H and O–H groups in total. The first-order valence-electron chi connectivity index (χ1n) is 27.5. The fraction of sp³-hybridized carbons (Fsp3) is 0.963. The molecule has 9 heteroatoms. The van der Waals surface area contributed by atoms with Crippen molar-refractivity contribution in [3.8, 4) is 0 Å². The summed E-state index contributed by atoms with van der Waals surface area (Å²) in [5.74, 6) is -0.156. The number of aliphatic hydroxyl groups is 5. The smallest absolute Gasteiger partial charge is 0.251 e. The first-order valence-corrected chi connectivity index (χ1v) is 27.5. The Labute approximate surface area is 391 Å². The minimum absolute atomic E-state index is 0.0960. The first kappa shape index (κ1) is 63.8. The highest BCUT2D eigenvalue weighted by molar-refractivity contribution is 5.80. The maximum Gasteiger partial charge on any atom is 0.251 e.